The molecule has 0 bridgehead atoms. The summed E-state index contributed by atoms with van der Waals surface area (Å²) in [5.41, 5.74) is 6.99. The summed E-state index contributed by atoms with van der Waals surface area (Å²) in [6.07, 6.45) is 3.75. The van der Waals surface area contributed by atoms with Gasteiger partial charge < -0.3 is 10.5 Å². The number of likely N-dealkylation sites (tertiary alicyclic amines) is 1. The first-order valence-electron chi connectivity index (χ1n) is 7.29. The van der Waals surface area contributed by atoms with Gasteiger partial charge in [0.05, 0.1) is 6.10 Å². The lowest BCUT2D eigenvalue weighted by molar-refractivity contribution is 0.00562. The Balaban J connectivity index is 1.73. The van der Waals surface area contributed by atoms with Gasteiger partial charge >= 0.3 is 0 Å². The van der Waals surface area contributed by atoms with Crippen LogP contribution in [-0.2, 0) is 11.3 Å². The maximum atomic E-state index is 5.85. The molecule has 2 N–H and O–H groups in total. The van der Waals surface area contributed by atoms with Crippen LogP contribution >= 0.6 is 11.3 Å². The molecule has 2 heterocycles. The van der Waals surface area contributed by atoms with Crippen LogP contribution < -0.4 is 5.73 Å². The van der Waals surface area contributed by atoms with E-state index >= 15 is 0 Å². The molecule has 108 valence electrons. The van der Waals surface area contributed by atoms with Crippen molar-refractivity contribution in [3.05, 3.63) is 21.4 Å². The summed E-state index contributed by atoms with van der Waals surface area (Å²) in [5, 5.41) is 0. The van der Waals surface area contributed by atoms with Gasteiger partial charge in [-0.05, 0) is 51.3 Å². The Labute approximate surface area is 120 Å². The van der Waals surface area contributed by atoms with Crippen LogP contribution in [0.1, 0.15) is 34.6 Å². The third-order valence-corrected chi connectivity index (χ3v) is 4.78. The maximum absolute atomic E-state index is 5.85. The molecule has 0 saturated carbocycles. The highest BCUT2D eigenvalue weighted by Gasteiger charge is 2.20. The Kier molecular flexibility index (Phi) is 5.82. The van der Waals surface area contributed by atoms with Crippen LogP contribution in [0, 0.1) is 13.8 Å². The fraction of sp³-hybridized carbons (Fsp3) is 0.733. The lowest BCUT2D eigenvalue weighted by Crippen LogP contribution is -2.36. The van der Waals surface area contributed by atoms with Crippen molar-refractivity contribution in [1.29, 1.82) is 0 Å². The fourth-order valence-electron chi connectivity index (χ4n) is 2.65. The SMILES string of the molecule is Cc1cc(CN2CCC(OCCCN)CC2)c(C)s1. The summed E-state index contributed by atoms with van der Waals surface area (Å²) in [7, 11) is 0. The van der Waals surface area contributed by atoms with Crippen molar-refractivity contribution in [3.63, 3.8) is 0 Å². The lowest BCUT2D eigenvalue weighted by atomic mass is 10.1. The average Bonchev–Trinajstić information content (AvgIpc) is 2.70. The van der Waals surface area contributed by atoms with Crippen molar-refractivity contribution < 1.29 is 4.74 Å². The van der Waals surface area contributed by atoms with E-state index in [0.29, 0.717) is 6.10 Å². The number of rotatable bonds is 6. The second-order valence-corrected chi connectivity index (χ2v) is 6.89. The van der Waals surface area contributed by atoms with Crippen molar-refractivity contribution in [2.75, 3.05) is 26.2 Å². The Bertz CT molecular complexity index is 383. The van der Waals surface area contributed by atoms with Gasteiger partial charge in [0.15, 0.2) is 0 Å². The number of hydrogen-bond acceptors (Lipinski definition) is 4. The van der Waals surface area contributed by atoms with E-state index in [-0.39, 0.29) is 0 Å². The topological polar surface area (TPSA) is 38.5 Å². The molecule has 4 heteroatoms. The van der Waals surface area contributed by atoms with Crippen LogP contribution in [-0.4, -0.2) is 37.2 Å². The molecule has 0 spiro atoms. The van der Waals surface area contributed by atoms with Gasteiger partial charge in [-0.15, -0.1) is 11.3 Å². The van der Waals surface area contributed by atoms with Crippen molar-refractivity contribution >= 4 is 11.3 Å². The van der Waals surface area contributed by atoms with E-state index in [1.807, 2.05) is 11.3 Å². The number of nitrogens with two attached hydrogens (primary N) is 1. The highest BCUT2D eigenvalue weighted by Crippen LogP contribution is 2.23. The summed E-state index contributed by atoms with van der Waals surface area (Å²) >= 11 is 1.91. The minimum absolute atomic E-state index is 0.452. The zero-order valence-electron chi connectivity index (χ0n) is 12.2. The molecule has 1 aromatic rings. The monoisotopic (exact) mass is 282 g/mol. The van der Waals surface area contributed by atoms with Crippen molar-refractivity contribution in [3.8, 4) is 0 Å². The summed E-state index contributed by atoms with van der Waals surface area (Å²) in [6.45, 7) is 9.39. The molecule has 0 amide bonds. The molecule has 19 heavy (non-hydrogen) atoms. The largest absolute Gasteiger partial charge is 0.378 e. The fourth-order valence-corrected chi connectivity index (χ4v) is 3.59. The van der Waals surface area contributed by atoms with Gasteiger partial charge in [-0.3, -0.25) is 4.90 Å². The van der Waals surface area contributed by atoms with Gasteiger partial charge in [0.1, 0.15) is 0 Å². The predicted octanol–water partition coefficient (Wildman–Crippen LogP) is 2.69. The molecule has 1 saturated heterocycles. The van der Waals surface area contributed by atoms with E-state index in [1.165, 1.54) is 15.3 Å². The molecule has 0 atom stereocenters. The smallest absolute Gasteiger partial charge is 0.0599 e. The number of aryl methyl sites for hydroxylation is 2. The summed E-state index contributed by atoms with van der Waals surface area (Å²) in [4.78, 5) is 5.45. The highest BCUT2D eigenvalue weighted by molar-refractivity contribution is 7.12. The molecule has 0 unspecified atom stereocenters. The average molecular weight is 282 g/mol. The van der Waals surface area contributed by atoms with Gasteiger partial charge in [0, 0.05) is 36.0 Å². The van der Waals surface area contributed by atoms with E-state index in [9.17, 15) is 0 Å². The number of piperidine rings is 1. The molecule has 1 aliphatic heterocycles. The standard InChI is InChI=1S/C15H26N2OS/c1-12-10-14(13(2)19-12)11-17-7-4-15(5-8-17)18-9-3-6-16/h10,15H,3-9,11,16H2,1-2H3. The van der Waals surface area contributed by atoms with Crippen LogP contribution in [0.15, 0.2) is 6.07 Å². The van der Waals surface area contributed by atoms with Gasteiger partial charge in [0.25, 0.3) is 0 Å². The minimum atomic E-state index is 0.452. The normalized spacial score (nSPS) is 18.1. The predicted molar refractivity (Wildman–Crippen MR) is 81.7 cm³/mol. The summed E-state index contributed by atoms with van der Waals surface area (Å²) in [6, 6.07) is 2.34. The molecule has 0 aromatic carbocycles. The molecule has 3 nitrogen and oxygen atoms in total. The summed E-state index contributed by atoms with van der Waals surface area (Å²) in [5.74, 6) is 0. The molecule has 0 radical (unpaired) electrons. The van der Waals surface area contributed by atoms with Crippen LogP contribution in [0.3, 0.4) is 0 Å². The first-order chi connectivity index (χ1) is 9.19. The van der Waals surface area contributed by atoms with Crippen LogP contribution in [0.5, 0.6) is 0 Å². The Morgan fingerprint density at radius 2 is 2.11 bits per heavy atom. The van der Waals surface area contributed by atoms with Crippen molar-refractivity contribution in [2.45, 2.75) is 45.8 Å². The molecular formula is C15H26N2OS. The first kappa shape index (κ1) is 15.0. The van der Waals surface area contributed by atoms with Crippen LogP contribution in [0.4, 0.5) is 0 Å². The van der Waals surface area contributed by atoms with Crippen molar-refractivity contribution in [2.24, 2.45) is 5.73 Å². The summed E-state index contributed by atoms with van der Waals surface area (Å²) < 4.78 is 5.85. The third kappa shape index (κ3) is 4.56. The lowest BCUT2D eigenvalue weighted by Gasteiger charge is -2.31. The van der Waals surface area contributed by atoms with Crippen LogP contribution in [0.2, 0.25) is 0 Å². The van der Waals surface area contributed by atoms with Crippen molar-refractivity contribution in [1.82, 2.24) is 4.90 Å². The number of hydrogen-bond donors (Lipinski definition) is 1. The first-order valence-corrected chi connectivity index (χ1v) is 8.10. The van der Waals surface area contributed by atoms with Gasteiger partial charge in [-0.1, -0.05) is 0 Å². The zero-order chi connectivity index (χ0) is 13.7. The molecule has 2 rings (SSSR count). The Hall–Kier alpha value is -0.420. The molecule has 1 aromatic heterocycles. The quantitative estimate of drug-likeness (QED) is 0.815. The second kappa shape index (κ2) is 7.39. The molecular weight excluding hydrogens is 256 g/mol. The highest BCUT2D eigenvalue weighted by atomic mass is 32.1. The van der Waals surface area contributed by atoms with Gasteiger partial charge in [-0.25, -0.2) is 0 Å². The Morgan fingerprint density at radius 1 is 1.37 bits per heavy atom. The maximum Gasteiger partial charge on any atom is 0.0599 e. The Morgan fingerprint density at radius 3 is 2.68 bits per heavy atom. The van der Waals surface area contributed by atoms with E-state index in [0.717, 1.165) is 52.0 Å². The van der Waals surface area contributed by atoms with E-state index in [4.69, 9.17) is 10.5 Å². The molecule has 0 aliphatic carbocycles. The number of ether oxygens (including phenoxy) is 1. The van der Waals surface area contributed by atoms with E-state index < -0.39 is 0 Å². The third-order valence-electron chi connectivity index (χ3n) is 3.77. The number of nitrogens with zero attached hydrogens (tertiary/aromatic N) is 1. The van der Waals surface area contributed by atoms with Gasteiger partial charge in [0.2, 0.25) is 0 Å². The molecule has 1 aliphatic rings. The number of thiophene rings is 1. The second-order valence-electron chi connectivity index (χ2n) is 5.43. The van der Waals surface area contributed by atoms with Crippen LogP contribution in [0.25, 0.3) is 0 Å². The zero-order valence-corrected chi connectivity index (χ0v) is 13.0. The van der Waals surface area contributed by atoms with E-state index in [2.05, 4.69) is 24.8 Å². The van der Waals surface area contributed by atoms with Gasteiger partial charge in [-0.2, -0.15) is 0 Å². The minimum Gasteiger partial charge on any atom is -0.378 e. The molecule has 1 fully saturated rings. The van der Waals surface area contributed by atoms with E-state index in [1.54, 1.807) is 0 Å².